The number of amides is 1. The molecule has 1 aromatic rings. The minimum atomic E-state index is -2.89. The van der Waals surface area contributed by atoms with Crippen molar-refractivity contribution in [1.82, 2.24) is 5.32 Å². The van der Waals surface area contributed by atoms with Gasteiger partial charge in [0.25, 0.3) is 0 Å². The number of nitrogens with one attached hydrogen (secondary N) is 1. The van der Waals surface area contributed by atoms with E-state index in [1.54, 1.807) is 6.07 Å². The van der Waals surface area contributed by atoms with Crippen molar-refractivity contribution in [2.24, 2.45) is 0 Å². The molecule has 0 spiro atoms. The van der Waals surface area contributed by atoms with Gasteiger partial charge in [0.2, 0.25) is 5.91 Å². The summed E-state index contributed by atoms with van der Waals surface area (Å²) in [6.45, 7) is 2.00. The van der Waals surface area contributed by atoms with Gasteiger partial charge in [-0.25, -0.2) is 8.42 Å². The van der Waals surface area contributed by atoms with Gasteiger partial charge in [0.1, 0.15) is 0 Å². The van der Waals surface area contributed by atoms with Crippen LogP contribution in [0, 0.1) is 0 Å². The van der Waals surface area contributed by atoms with Crippen LogP contribution in [0.3, 0.4) is 0 Å². The number of carbonyl (C=O) groups excluding carboxylic acids is 1. The van der Waals surface area contributed by atoms with Gasteiger partial charge in [-0.15, -0.1) is 11.8 Å². The number of thioether (sulfide) groups is 1. The fourth-order valence-corrected chi connectivity index (χ4v) is 6.12. The second-order valence-electron chi connectivity index (χ2n) is 5.42. The Morgan fingerprint density at radius 2 is 2.27 bits per heavy atom. The molecule has 1 heterocycles. The molecule has 0 bridgehead atoms. The average molecular weight is 362 g/mol. The van der Waals surface area contributed by atoms with Crippen molar-refractivity contribution in [1.29, 1.82) is 0 Å². The molecule has 1 aliphatic heterocycles. The average Bonchev–Trinajstić information content (AvgIpc) is 2.82. The molecule has 0 aromatic heterocycles. The summed E-state index contributed by atoms with van der Waals surface area (Å²) in [5.74, 6) is 0.654. The molecule has 1 amide bonds. The second-order valence-corrected chi connectivity index (χ2v) is 9.37. The highest BCUT2D eigenvalue weighted by Gasteiger charge is 2.28. The van der Waals surface area contributed by atoms with Crippen molar-refractivity contribution >= 4 is 39.1 Å². The van der Waals surface area contributed by atoms with Gasteiger partial charge in [-0.05, 0) is 30.5 Å². The summed E-state index contributed by atoms with van der Waals surface area (Å²) in [5, 5.41) is 3.68. The molecule has 1 aliphatic rings. The Bertz CT molecular complexity index is 633. The maximum absolute atomic E-state index is 12.1. The Labute approximate surface area is 140 Å². The molecule has 2 atom stereocenters. The lowest BCUT2D eigenvalue weighted by Crippen LogP contribution is -2.30. The van der Waals surface area contributed by atoms with Crippen LogP contribution in [-0.4, -0.2) is 36.8 Å². The van der Waals surface area contributed by atoms with E-state index in [9.17, 15) is 13.2 Å². The summed E-state index contributed by atoms with van der Waals surface area (Å²) < 4.78 is 22.8. The maximum Gasteiger partial charge on any atom is 0.230 e. The number of benzene rings is 1. The third-order valence-electron chi connectivity index (χ3n) is 3.64. The molecule has 1 fully saturated rings. The van der Waals surface area contributed by atoms with Crippen molar-refractivity contribution in [3.63, 3.8) is 0 Å². The van der Waals surface area contributed by atoms with E-state index in [1.807, 2.05) is 25.1 Å². The molecule has 122 valence electrons. The summed E-state index contributed by atoms with van der Waals surface area (Å²) in [5.41, 5.74) is 0.983. The Kier molecular flexibility index (Phi) is 6.17. The fraction of sp³-hybridized carbons (Fsp3) is 0.533. The Hall–Kier alpha value is -0.720. The summed E-state index contributed by atoms with van der Waals surface area (Å²) in [6, 6.07) is 7.39. The second kappa shape index (κ2) is 7.70. The summed E-state index contributed by atoms with van der Waals surface area (Å²) in [6.07, 6.45) is 1.42. The van der Waals surface area contributed by atoms with Crippen LogP contribution in [-0.2, 0) is 14.6 Å². The highest BCUT2D eigenvalue weighted by molar-refractivity contribution is 8.02. The van der Waals surface area contributed by atoms with Crippen LogP contribution in [0.4, 0.5) is 0 Å². The van der Waals surface area contributed by atoms with Crippen LogP contribution in [0.1, 0.15) is 31.4 Å². The number of rotatable bonds is 6. The van der Waals surface area contributed by atoms with E-state index < -0.39 is 9.84 Å². The first kappa shape index (κ1) is 17.6. The molecule has 0 radical (unpaired) electrons. The van der Waals surface area contributed by atoms with Crippen molar-refractivity contribution < 1.29 is 13.2 Å². The third-order valence-corrected chi connectivity index (χ3v) is 7.15. The van der Waals surface area contributed by atoms with Crippen LogP contribution in [0.15, 0.2) is 24.3 Å². The van der Waals surface area contributed by atoms with E-state index >= 15 is 0 Å². The molecule has 1 saturated heterocycles. The first-order chi connectivity index (χ1) is 10.4. The van der Waals surface area contributed by atoms with Gasteiger partial charge in [0.15, 0.2) is 9.84 Å². The van der Waals surface area contributed by atoms with Crippen molar-refractivity contribution in [2.45, 2.75) is 31.1 Å². The van der Waals surface area contributed by atoms with Gasteiger partial charge in [-0.1, -0.05) is 30.7 Å². The molecular formula is C15H20ClNO3S2. The Morgan fingerprint density at radius 3 is 2.86 bits per heavy atom. The SMILES string of the molecule is CCC(NC(=O)CSC1CCS(=O)(=O)C1)c1cccc(Cl)c1. The van der Waals surface area contributed by atoms with Gasteiger partial charge >= 0.3 is 0 Å². The molecule has 1 aromatic carbocycles. The molecule has 0 saturated carbocycles. The fourth-order valence-electron chi connectivity index (χ4n) is 2.47. The molecule has 22 heavy (non-hydrogen) atoms. The molecule has 4 nitrogen and oxygen atoms in total. The molecule has 7 heteroatoms. The summed E-state index contributed by atoms with van der Waals surface area (Å²) in [4.78, 5) is 12.1. The topological polar surface area (TPSA) is 63.2 Å². The highest BCUT2D eigenvalue weighted by Crippen LogP contribution is 2.25. The molecule has 1 N–H and O–H groups in total. The van der Waals surface area contributed by atoms with E-state index in [0.717, 1.165) is 12.0 Å². The van der Waals surface area contributed by atoms with Crippen molar-refractivity contribution in [3.05, 3.63) is 34.9 Å². The first-order valence-electron chi connectivity index (χ1n) is 7.26. The van der Waals surface area contributed by atoms with Gasteiger partial charge in [0.05, 0.1) is 23.3 Å². The lowest BCUT2D eigenvalue weighted by molar-refractivity contribution is -0.119. The molecule has 0 aliphatic carbocycles. The predicted octanol–water partition coefficient (Wildman–Crippen LogP) is 2.83. The van der Waals surface area contributed by atoms with Gasteiger partial charge < -0.3 is 5.32 Å². The Morgan fingerprint density at radius 1 is 1.50 bits per heavy atom. The van der Waals surface area contributed by atoms with E-state index in [4.69, 9.17) is 11.6 Å². The van der Waals surface area contributed by atoms with Gasteiger partial charge in [0, 0.05) is 10.3 Å². The lowest BCUT2D eigenvalue weighted by Gasteiger charge is -2.18. The van der Waals surface area contributed by atoms with Crippen LogP contribution in [0.5, 0.6) is 0 Å². The van der Waals surface area contributed by atoms with E-state index in [0.29, 0.717) is 11.4 Å². The highest BCUT2D eigenvalue weighted by atomic mass is 35.5. The van der Waals surface area contributed by atoms with Crippen molar-refractivity contribution in [3.8, 4) is 0 Å². The number of hydrogen-bond acceptors (Lipinski definition) is 4. The minimum absolute atomic E-state index is 0.0435. The summed E-state index contributed by atoms with van der Waals surface area (Å²) >= 11 is 7.41. The smallest absolute Gasteiger partial charge is 0.230 e. The minimum Gasteiger partial charge on any atom is -0.349 e. The van der Waals surface area contributed by atoms with E-state index in [1.165, 1.54) is 11.8 Å². The predicted molar refractivity (Wildman–Crippen MR) is 92.1 cm³/mol. The monoisotopic (exact) mass is 361 g/mol. The van der Waals surface area contributed by atoms with E-state index in [2.05, 4.69) is 5.32 Å². The van der Waals surface area contributed by atoms with E-state index in [-0.39, 0.29) is 34.5 Å². The zero-order valence-corrected chi connectivity index (χ0v) is 14.8. The van der Waals surface area contributed by atoms with Crippen LogP contribution in [0.25, 0.3) is 0 Å². The summed E-state index contributed by atoms with van der Waals surface area (Å²) in [7, 11) is -2.89. The maximum atomic E-state index is 12.1. The molecule has 2 rings (SSSR count). The first-order valence-corrected chi connectivity index (χ1v) is 10.5. The molecular weight excluding hydrogens is 342 g/mol. The molecule has 2 unspecified atom stereocenters. The number of sulfone groups is 1. The number of hydrogen-bond donors (Lipinski definition) is 1. The number of carbonyl (C=O) groups is 1. The van der Waals surface area contributed by atoms with Crippen LogP contribution in [0.2, 0.25) is 5.02 Å². The largest absolute Gasteiger partial charge is 0.349 e. The van der Waals surface area contributed by atoms with Crippen molar-refractivity contribution in [2.75, 3.05) is 17.3 Å². The lowest BCUT2D eigenvalue weighted by atomic mass is 10.0. The Balaban J connectivity index is 1.85. The van der Waals surface area contributed by atoms with Gasteiger partial charge in [-0.2, -0.15) is 0 Å². The van der Waals surface area contributed by atoms with Gasteiger partial charge in [-0.3, -0.25) is 4.79 Å². The zero-order valence-electron chi connectivity index (χ0n) is 12.4. The quantitative estimate of drug-likeness (QED) is 0.846. The third kappa shape index (κ3) is 5.18. The number of halogens is 1. The normalized spacial score (nSPS) is 21.5. The van der Waals surface area contributed by atoms with Crippen LogP contribution >= 0.6 is 23.4 Å². The zero-order chi connectivity index (χ0) is 16.2. The van der Waals surface area contributed by atoms with Crippen LogP contribution < -0.4 is 5.32 Å². The standard InChI is InChI=1S/C15H20ClNO3S2/c1-2-14(11-4-3-5-12(16)8-11)17-15(18)9-21-13-6-7-22(19,20)10-13/h3-5,8,13-14H,2,6-7,9-10H2,1H3,(H,17,18).